The number of carbonyl (C=O) groups is 2. The van der Waals surface area contributed by atoms with Gasteiger partial charge in [-0.05, 0) is 0 Å². The summed E-state index contributed by atoms with van der Waals surface area (Å²) in [7, 11) is 3.14. The average molecular weight is 176 g/mol. The van der Waals surface area contributed by atoms with Crippen LogP contribution in [0.3, 0.4) is 0 Å². The van der Waals surface area contributed by atoms with Gasteiger partial charge in [0.2, 0.25) is 11.8 Å². The van der Waals surface area contributed by atoms with Crippen molar-refractivity contribution in [2.75, 3.05) is 25.6 Å². The standard InChI is InChI=1S/C6H12N2O2S/c1-7-5(9)3-11-4-6(10)8-2/h3-4H2,1-2H3,(H,7,9)(H,8,10). The lowest BCUT2D eigenvalue weighted by atomic mass is 10.7. The third-order valence-corrected chi connectivity index (χ3v) is 1.96. The molecule has 5 heteroatoms. The Morgan fingerprint density at radius 2 is 1.45 bits per heavy atom. The van der Waals surface area contributed by atoms with E-state index in [-0.39, 0.29) is 11.8 Å². The molecule has 0 fully saturated rings. The molecule has 0 aliphatic rings. The van der Waals surface area contributed by atoms with E-state index in [0.29, 0.717) is 11.5 Å². The van der Waals surface area contributed by atoms with Crippen LogP contribution in [0.4, 0.5) is 0 Å². The molecular formula is C6H12N2O2S. The van der Waals surface area contributed by atoms with Crippen molar-refractivity contribution in [2.45, 2.75) is 0 Å². The van der Waals surface area contributed by atoms with Crippen molar-refractivity contribution in [3.8, 4) is 0 Å². The molecule has 0 aliphatic carbocycles. The van der Waals surface area contributed by atoms with Crippen molar-refractivity contribution < 1.29 is 9.59 Å². The van der Waals surface area contributed by atoms with Gasteiger partial charge in [-0.2, -0.15) is 0 Å². The van der Waals surface area contributed by atoms with Gasteiger partial charge in [-0.25, -0.2) is 0 Å². The lowest BCUT2D eigenvalue weighted by Crippen LogP contribution is -2.23. The Morgan fingerprint density at radius 1 is 1.09 bits per heavy atom. The lowest BCUT2D eigenvalue weighted by Gasteiger charge is -1.98. The zero-order valence-electron chi connectivity index (χ0n) is 6.64. The molecule has 0 aromatic heterocycles. The number of thioether (sulfide) groups is 1. The molecule has 0 heterocycles. The van der Waals surface area contributed by atoms with E-state index < -0.39 is 0 Å². The molecule has 0 aromatic rings. The molecule has 0 radical (unpaired) electrons. The van der Waals surface area contributed by atoms with Crippen molar-refractivity contribution in [3.63, 3.8) is 0 Å². The summed E-state index contributed by atoms with van der Waals surface area (Å²) in [5, 5.41) is 4.93. The maximum absolute atomic E-state index is 10.6. The van der Waals surface area contributed by atoms with Gasteiger partial charge in [-0.3, -0.25) is 9.59 Å². The van der Waals surface area contributed by atoms with Crippen LogP contribution in [-0.2, 0) is 9.59 Å². The first kappa shape index (κ1) is 10.3. The van der Waals surface area contributed by atoms with Crippen LogP contribution in [0, 0.1) is 0 Å². The Morgan fingerprint density at radius 3 is 1.73 bits per heavy atom. The number of hydrogen-bond donors (Lipinski definition) is 2. The van der Waals surface area contributed by atoms with E-state index in [2.05, 4.69) is 10.6 Å². The number of rotatable bonds is 4. The van der Waals surface area contributed by atoms with E-state index in [0.717, 1.165) is 0 Å². The summed E-state index contributed by atoms with van der Waals surface area (Å²) >= 11 is 1.29. The summed E-state index contributed by atoms with van der Waals surface area (Å²) in [6.45, 7) is 0. The van der Waals surface area contributed by atoms with E-state index in [1.54, 1.807) is 14.1 Å². The van der Waals surface area contributed by atoms with Gasteiger partial charge in [-0.1, -0.05) is 0 Å². The first-order chi connectivity index (χ1) is 5.20. The van der Waals surface area contributed by atoms with E-state index in [1.807, 2.05) is 0 Å². The zero-order valence-corrected chi connectivity index (χ0v) is 7.46. The molecule has 11 heavy (non-hydrogen) atoms. The molecular weight excluding hydrogens is 164 g/mol. The van der Waals surface area contributed by atoms with Crippen LogP contribution >= 0.6 is 11.8 Å². The van der Waals surface area contributed by atoms with Gasteiger partial charge < -0.3 is 10.6 Å². The summed E-state index contributed by atoms with van der Waals surface area (Å²) in [5.74, 6) is 0.561. The molecule has 64 valence electrons. The van der Waals surface area contributed by atoms with Gasteiger partial charge in [0.15, 0.2) is 0 Å². The van der Waals surface area contributed by atoms with Crippen LogP contribution in [0.1, 0.15) is 0 Å². The molecule has 0 unspecified atom stereocenters. The summed E-state index contributed by atoms with van der Waals surface area (Å²) in [5.41, 5.74) is 0. The minimum Gasteiger partial charge on any atom is -0.358 e. The van der Waals surface area contributed by atoms with Gasteiger partial charge in [0.25, 0.3) is 0 Å². The predicted molar refractivity (Wildman–Crippen MR) is 45.5 cm³/mol. The van der Waals surface area contributed by atoms with Crippen molar-refractivity contribution in [1.82, 2.24) is 10.6 Å². The van der Waals surface area contributed by atoms with E-state index in [9.17, 15) is 9.59 Å². The number of nitrogens with one attached hydrogen (secondary N) is 2. The summed E-state index contributed by atoms with van der Waals surface area (Å²) in [6, 6.07) is 0. The Labute approximate surface area is 70.1 Å². The smallest absolute Gasteiger partial charge is 0.229 e. The molecule has 0 atom stereocenters. The van der Waals surface area contributed by atoms with Crippen molar-refractivity contribution in [1.29, 1.82) is 0 Å². The Hall–Kier alpha value is -0.710. The normalized spacial score (nSPS) is 8.91. The highest BCUT2D eigenvalue weighted by atomic mass is 32.2. The van der Waals surface area contributed by atoms with E-state index >= 15 is 0 Å². The molecule has 0 rings (SSSR count). The van der Waals surface area contributed by atoms with Crippen molar-refractivity contribution in [2.24, 2.45) is 0 Å². The van der Waals surface area contributed by atoms with Crippen molar-refractivity contribution in [3.05, 3.63) is 0 Å². The molecule has 0 spiro atoms. The quantitative estimate of drug-likeness (QED) is 0.590. The van der Waals surface area contributed by atoms with Gasteiger partial charge in [0, 0.05) is 14.1 Å². The Kier molecular flexibility index (Phi) is 5.64. The minimum absolute atomic E-state index is 0.0566. The van der Waals surface area contributed by atoms with Gasteiger partial charge >= 0.3 is 0 Å². The highest BCUT2D eigenvalue weighted by Crippen LogP contribution is 1.97. The number of carbonyl (C=O) groups excluding carboxylic acids is 2. The highest BCUT2D eigenvalue weighted by Gasteiger charge is 2.00. The number of hydrogen-bond acceptors (Lipinski definition) is 3. The first-order valence-electron chi connectivity index (χ1n) is 3.19. The molecule has 0 aromatic carbocycles. The second kappa shape index (κ2) is 6.03. The zero-order chi connectivity index (χ0) is 8.69. The fraction of sp³-hybridized carbons (Fsp3) is 0.667. The van der Waals surface area contributed by atoms with Gasteiger partial charge in [0.1, 0.15) is 0 Å². The predicted octanol–water partition coefficient (Wildman–Crippen LogP) is -0.788. The lowest BCUT2D eigenvalue weighted by molar-refractivity contribution is -0.118. The monoisotopic (exact) mass is 176 g/mol. The second-order valence-corrected chi connectivity index (χ2v) is 2.82. The molecule has 4 nitrogen and oxygen atoms in total. The van der Waals surface area contributed by atoms with Gasteiger partial charge in [-0.15, -0.1) is 11.8 Å². The highest BCUT2D eigenvalue weighted by molar-refractivity contribution is 8.00. The fourth-order valence-electron chi connectivity index (χ4n) is 0.381. The maximum Gasteiger partial charge on any atom is 0.229 e. The topological polar surface area (TPSA) is 58.2 Å². The SMILES string of the molecule is CNC(=O)CSCC(=O)NC. The van der Waals surface area contributed by atoms with Crippen LogP contribution in [-0.4, -0.2) is 37.4 Å². The molecule has 0 saturated heterocycles. The van der Waals surface area contributed by atoms with Crippen LogP contribution in [0.5, 0.6) is 0 Å². The average Bonchev–Trinajstić information content (AvgIpc) is 2.04. The summed E-state index contributed by atoms with van der Waals surface area (Å²) < 4.78 is 0. The molecule has 0 bridgehead atoms. The van der Waals surface area contributed by atoms with Crippen LogP contribution in [0.25, 0.3) is 0 Å². The van der Waals surface area contributed by atoms with Gasteiger partial charge in [0.05, 0.1) is 11.5 Å². The summed E-state index contributed by atoms with van der Waals surface area (Å²) in [4.78, 5) is 21.2. The minimum atomic E-state index is -0.0566. The first-order valence-corrected chi connectivity index (χ1v) is 4.35. The fourth-order valence-corrected chi connectivity index (χ4v) is 1.14. The maximum atomic E-state index is 10.6. The van der Waals surface area contributed by atoms with Crippen LogP contribution in [0.15, 0.2) is 0 Å². The Balaban J connectivity index is 3.27. The molecule has 2 N–H and O–H groups in total. The summed E-state index contributed by atoms with van der Waals surface area (Å²) in [6.07, 6.45) is 0. The molecule has 0 saturated carbocycles. The largest absolute Gasteiger partial charge is 0.358 e. The van der Waals surface area contributed by atoms with Crippen molar-refractivity contribution >= 4 is 23.6 Å². The van der Waals surface area contributed by atoms with Crippen LogP contribution in [0.2, 0.25) is 0 Å². The third kappa shape index (κ3) is 5.72. The molecule has 0 aliphatic heterocycles. The van der Waals surface area contributed by atoms with E-state index in [4.69, 9.17) is 0 Å². The van der Waals surface area contributed by atoms with E-state index in [1.165, 1.54) is 11.8 Å². The van der Waals surface area contributed by atoms with Crippen LogP contribution < -0.4 is 10.6 Å². The third-order valence-electron chi connectivity index (χ3n) is 1.02. The molecule has 2 amide bonds. The number of amides is 2. The second-order valence-electron chi connectivity index (χ2n) is 1.84. The Bertz CT molecular complexity index is 134.